The van der Waals surface area contributed by atoms with E-state index in [1.165, 1.54) is 0 Å². The topological polar surface area (TPSA) is 99.0 Å². The minimum absolute atomic E-state index is 0.298. The van der Waals surface area contributed by atoms with E-state index in [0.717, 1.165) is 5.56 Å². The Bertz CT molecular complexity index is 1280. The van der Waals surface area contributed by atoms with Gasteiger partial charge in [0.15, 0.2) is 5.82 Å². The number of hydrogen-bond donors (Lipinski definition) is 1. The van der Waals surface area contributed by atoms with Crippen molar-refractivity contribution in [2.45, 2.75) is 25.7 Å². The fraction of sp³-hybridized carbons (Fsp3) is 0.136. The summed E-state index contributed by atoms with van der Waals surface area (Å²) in [4.78, 5) is 4.27. The molecule has 31 heavy (non-hydrogen) atoms. The van der Waals surface area contributed by atoms with Crippen LogP contribution in [0.4, 0.5) is 5.69 Å². The summed E-state index contributed by atoms with van der Waals surface area (Å²) in [5, 5.41) is 8.14. The molecular weight excluding hydrogens is 414 g/mol. The Balaban J connectivity index is 1.47. The quantitative estimate of drug-likeness (QED) is 0.488. The zero-order valence-corrected chi connectivity index (χ0v) is 18.1. The first-order chi connectivity index (χ1) is 14.8. The first-order valence-corrected chi connectivity index (χ1v) is 11.0. The van der Waals surface area contributed by atoms with E-state index in [-0.39, 0.29) is 0 Å². The lowest BCUT2D eigenvalue weighted by Crippen LogP contribution is -2.15. The van der Waals surface area contributed by atoms with Crippen LogP contribution in [0.1, 0.15) is 16.7 Å². The van der Waals surface area contributed by atoms with Gasteiger partial charge in [-0.25, -0.2) is 13.4 Å². The number of aromatic nitrogens is 4. The monoisotopic (exact) mass is 435 g/mol. The molecule has 0 fully saturated rings. The van der Waals surface area contributed by atoms with Crippen molar-refractivity contribution in [3.05, 3.63) is 83.9 Å². The highest BCUT2D eigenvalue weighted by molar-refractivity contribution is 7.92. The van der Waals surface area contributed by atoms with Crippen LogP contribution >= 0.6 is 0 Å². The van der Waals surface area contributed by atoms with Crippen LogP contribution in [0.3, 0.4) is 0 Å². The van der Waals surface area contributed by atoms with E-state index < -0.39 is 10.0 Å². The number of nitrogens with one attached hydrogen (secondary N) is 1. The standard InChI is InChI=1S/C22H21N5O3S/c1-15-12-16(2)22(17(3)13-15)31(28,29)26-18-4-6-19(7-5-18)30-21-9-8-20(24-25-21)27-11-10-23-14-27/h4-14,26H,1-3H3. The number of anilines is 1. The number of sulfonamides is 1. The molecule has 158 valence electrons. The number of hydrogen-bond acceptors (Lipinski definition) is 6. The third-order valence-electron chi connectivity index (χ3n) is 4.60. The van der Waals surface area contributed by atoms with Crippen molar-refractivity contribution in [1.29, 1.82) is 0 Å². The summed E-state index contributed by atoms with van der Waals surface area (Å²) < 4.78 is 35.8. The lowest BCUT2D eigenvalue weighted by Gasteiger charge is -2.14. The smallest absolute Gasteiger partial charge is 0.262 e. The Kier molecular flexibility index (Phi) is 5.43. The van der Waals surface area contributed by atoms with Crippen LogP contribution in [0.15, 0.2) is 72.1 Å². The Hall–Kier alpha value is -3.72. The van der Waals surface area contributed by atoms with Gasteiger partial charge < -0.3 is 4.74 Å². The lowest BCUT2D eigenvalue weighted by molar-refractivity contribution is 0.454. The molecule has 0 aliphatic carbocycles. The van der Waals surface area contributed by atoms with E-state index in [0.29, 0.717) is 39.2 Å². The van der Waals surface area contributed by atoms with Gasteiger partial charge in [-0.1, -0.05) is 17.7 Å². The van der Waals surface area contributed by atoms with Crippen molar-refractivity contribution in [3.63, 3.8) is 0 Å². The molecule has 4 rings (SSSR count). The fourth-order valence-electron chi connectivity index (χ4n) is 3.41. The molecule has 4 aromatic rings. The zero-order chi connectivity index (χ0) is 22.0. The van der Waals surface area contributed by atoms with Gasteiger partial charge in [-0.15, -0.1) is 10.2 Å². The first kappa shape index (κ1) is 20.5. The van der Waals surface area contributed by atoms with Gasteiger partial charge in [-0.05, 0) is 62.2 Å². The Morgan fingerprint density at radius 1 is 0.935 bits per heavy atom. The van der Waals surface area contributed by atoms with E-state index >= 15 is 0 Å². The SMILES string of the molecule is Cc1cc(C)c(S(=O)(=O)Nc2ccc(Oc3ccc(-n4ccnc4)nn3)cc2)c(C)c1. The summed E-state index contributed by atoms with van der Waals surface area (Å²) in [6, 6.07) is 13.8. The molecule has 0 unspecified atom stereocenters. The Labute approximate surface area is 180 Å². The van der Waals surface area contributed by atoms with Crippen molar-refractivity contribution >= 4 is 15.7 Å². The van der Waals surface area contributed by atoms with Crippen LogP contribution in [-0.2, 0) is 10.0 Å². The summed E-state index contributed by atoms with van der Waals surface area (Å²) in [5.74, 6) is 1.45. The van der Waals surface area contributed by atoms with E-state index in [4.69, 9.17) is 4.74 Å². The van der Waals surface area contributed by atoms with E-state index in [1.807, 2.05) is 19.1 Å². The van der Waals surface area contributed by atoms with Crippen LogP contribution < -0.4 is 9.46 Å². The molecule has 2 aromatic carbocycles. The molecule has 8 nitrogen and oxygen atoms in total. The number of benzene rings is 2. The van der Waals surface area contributed by atoms with E-state index in [2.05, 4.69) is 19.9 Å². The lowest BCUT2D eigenvalue weighted by atomic mass is 10.1. The maximum absolute atomic E-state index is 12.9. The van der Waals surface area contributed by atoms with Crippen molar-refractivity contribution < 1.29 is 13.2 Å². The van der Waals surface area contributed by atoms with E-state index in [1.54, 1.807) is 73.5 Å². The fourth-order valence-corrected chi connectivity index (χ4v) is 4.92. The maximum atomic E-state index is 12.9. The molecule has 0 saturated carbocycles. The molecule has 0 aliphatic heterocycles. The van der Waals surface area contributed by atoms with Crippen LogP contribution in [0.2, 0.25) is 0 Å². The maximum Gasteiger partial charge on any atom is 0.262 e. The second-order valence-electron chi connectivity index (χ2n) is 7.16. The number of rotatable bonds is 6. The van der Waals surface area contributed by atoms with Gasteiger partial charge in [0.05, 0.1) is 4.90 Å². The third kappa shape index (κ3) is 4.56. The average molecular weight is 436 g/mol. The molecule has 0 spiro atoms. The Morgan fingerprint density at radius 2 is 1.65 bits per heavy atom. The molecule has 0 amide bonds. The van der Waals surface area contributed by atoms with Crippen LogP contribution in [0, 0.1) is 20.8 Å². The normalized spacial score (nSPS) is 11.3. The highest BCUT2D eigenvalue weighted by Gasteiger charge is 2.20. The molecule has 0 aliphatic rings. The molecule has 2 heterocycles. The van der Waals surface area contributed by atoms with Gasteiger partial charge >= 0.3 is 0 Å². The van der Waals surface area contributed by atoms with Crippen LogP contribution in [0.25, 0.3) is 5.82 Å². The van der Waals surface area contributed by atoms with Gasteiger partial charge in [0.25, 0.3) is 10.0 Å². The molecule has 0 saturated heterocycles. The van der Waals surface area contributed by atoms with Gasteiger partial charge in [0.1, 0.15) is 12.1 Å². The summed E-state index contributed by atoms with van der Waals surface area (Å²) in [7, 11) is -3.71. The molecule has 0 atom stereocenters. The highest BCUT2D eigenvalue weighted by atomic mass is 32.2. The molecule has 2 aromatic heterocycles. The van der Waals surface area contributed by atoms with Gasteiger partial charge in [-0.2, -0.15) is 0 Å². The largest absolute Gasteiger partial charge is 0.438 e. The summed E-state index contributed by atoms with van der Waals surface area (Å²) in [6.45, 7) is 5.54. The molecule has 1 N–H and O–H groups in total. The van der Waals surface area contributed by atoms with Gasteiger partial charge in [0.2, 0.25) is 5.88 Å². The first-order valence-electron chi connectivity index (χ1n) is 9.52. The predicted molar refractivity (Wildman–Crippen MR) is 117 cm³/mol. The van der Waals surface area contributed by atoms with Crippen molar-refractivity contribution in [2.75, 3.05) is 4.72 Å². The van der Waals surface area contributed by atoms with Gasteiger partial charge in [-0.3, -0.25) is 9.29 Å². The highest BCUT2D eigenvalue weighted by Crippen LogP contribution is 2.26. The second kappa shape index (κ2) is 8.19. The third-order valence-corrected chi connectivity index (χ3v) is 6.28. The number of ether oxygens (including phenoxy) is 1. The number of aryl methyl sites for hydroxylation is 3. The summed E-state index contributed by atoms with van der Waals surface area (Å²) in [6.07, 6.45) is 5.05. The van der Waals surface area contributed by atoms with Crippen molar-refractivity contribution in [3.8, 4) is 17.4 Å². The van der Waals surface area contributed by atoms with E-state index in [9.17, 15) is 8.42 Å². The van der Waals surface area contributed by atoms with Crippen molar-refractivity contribution in [2.24, 2.45) is 0 Å². The Morgan fingerprint density at radius 3 is 2.23 bits per heavy atom. The molecule has 0 radical (unpaired) electrons. The number of imidazole rings is 1. The molecule has 0 bridgehead atoms. The minimum atomic E-state index is -3.71. The van der Waals surface area contributed by atoms with Crippen LogP contribution in [-0.4, -0.2) is 28.2 Å². The minimum Gasteiger partial charge on any atom is -0.438 e. The summed E-state index contributed by atoms with van der Waals surface area (Å²) >= 11 is 0. The van der Waals surface area contributed by atoms with Crippen molar-refractivity contribution in [1.82, 2.24) is 19.7 Å². The van der Waals surface area contributed by atoms with Gasteiger partial charge in [0, 0.05) is 24.1 Å². The average Bonchev–Trinajstić information content (AvgIpc) is 3.23. The zero-order valence-electron chi connectivity index (χ0n) is 17.3. The molecule has 9 heteroatoms. The molecular formula is C22H21N5O3S. The van der Waals surface area contributed by atoms with Crippen LogP contribution in [0.5, 0.6) is 11.6 Å². The summed E-state index contributed by atoms with van der Waals surface area (Å²) in [5.41, 5.74) is 2.88. The number of nitrogens with zero attached hydrogens (tertiary/aromatic N) is 4. The second-order valence-corrected chi connectivity index (χ2v) is 8.78. The predicted octanol–water partition coefficient (Wildman–Crippen LogP) is 4.18.